The van der Waals surface area contributed by atoms with Crippen LogP contribution in [0.15, 0.2) is 40.1 Å². The third-order valence-corrected chi connectivity index (χ3v) is 6.38. The first-order valence-corrected chi connectivity index (χ1v) is 10.4. The van der Waals surface area contributed by atoms with Gasteiger partial charge in [-0.2, -0.15) is 0 Å². The molecular weight excluding hydrogens is 442 g/mol. The van der Waals surface area contributed by atoms with Gasteiger partial charge in [-0.3, -0.25) is 9.22 Å². The van der Waals surface area contributed by atoms with Crippen molar-refractivity contribution in [3.63, 3.8) is 0 Å². The molecule has 0 heterocycles. The molecule has 0 saturated heterocycles. The predicted molar refractivity (Wildman–Crippen MR) is 84.4 cm³/mol. The minimum absolute atomic E-state index is 0. The Morgan fingerprint density at radius 2 is 1.74 bits per heavy atom. The average molecular weight is 454 g/mol. The zero-order chi connectivity index (χ0) is 18.7. The second-order valence-electron chi connectivity index (χ2n) is 4.89. The number of sulfone groups is 1. The standard InChI is InChI=1S/C13H14O9S3.2Na/c1-9-2-3-10-8-11(4-5-12(10)13(9)25(17,18)19)24(15,16)7-6-20-23-22-21-14;;/h2-5,8,14H,6-7H2,1H3,(H,17,18,19);;/q;2*+1/p-2. The van der Waals surface area contributed by atoms with Crippen LogP contribution in [0.5, 0.6) is 0 Å². The van der Waals surface area contributed by atoms with Crippen LogP contribution in [0.4, 0.5) is 0 Å². The second-order valence-corrected chi connectivity index (χ2v) is 8.83. The Morgan fingerprint density at radius 1 is 1.07 bits per heavy atom. The van der Waals surface area contributed by atoms with E-state index in [1.807, 2.05) is 0 Å². The molecule has 0 atom stereocenters. The van der Waals surface area contributed by atoms with Crippen LogP contribution < -0.4 is 64.4 Å². The Bertz CT molecular complexity index is 978. The molecule has 9 nitrogen and oxygen atoms in total. The van der Waals surface area contributed by atoms with Crippen molar-refractivity contribution >= 4 is 43.1 Å². The van der Waals surface area contributed by atoms with Crippen molar-refractivity contribution in [2.24, 2.45) is 0 Å². The van der Waals surface area contributed by atoms with Crippen molar-refractivity contribution in [3.8, 4) is 0 Å². The molecule has 0 aromatic heterocycles. The van der Waals surface area contributed by atoms with Crippen molar-refractivity contribution in [3.05, 3.63) is 35.9 Å². The van der Waals surface area contributed by atoms with Crippen molar-refractivity contribution in [1.82, 2.24) is 0 Å². The summed E-state index contributed by atoms with van der Waals surface area (Å²) in [5.74, 6) is -0.410. The molecule has 0 spiro atoms. The minimum Gasteiger partial charge on any atom is -0.744 e. The Kier molecular flexibility index (Phi) is 12.1. The summed E-state index contributed by atoms with van der Waals surface area (Å²) in [4.78, 5) is -0.434. The fourth-order valence-corrected chi connectivity index (χ4v) is 4.60. The van der Waals surface area contributed by atoms with E-state index < -0.39 is 25.7 Å². The Hall–Kier alpha value is 0.750. The van der Waals surface area contributed by atoms with E-state index in [4.69, 9.17) is 0 Å². The van der Waals surface area contributed by atoms with Crippen LogP contribution in [0.1, 0.15) is 5.56 Å². The van der Waals surface area contributed by atoms with Gasteiger partial charge in [-0.15, -0.1) is 4.33 Å². The Morgan fingerprint density at radius 3 is 2.33 bits per heavy atom. The number of aryl methyl sites for hydroxylation is 1. The fourth-order valence-electron chi connectivity index (χ4n) is 2.24. The van der Waals surface area contributed by atoms with Crippen molar-refractivity contribution in [1.29, 1.82) is 0 Å². The quantitative estimate of drug-likeness (QED) is 0.0947. The molecule has 0 amide bonds. The molecule has 0 unspecified atom stereocenters. The van der Waals surface area contributed by atoms with Crippen LogP contribution in [0.3, 0.4) is 0 Å². The van der Waals surface area contributed by atoms with Gasteiger partial charge in [-0.25, -0.2) is 16.8 Å². The zero-order valence-corrected chi connectivity index (χ0v) is 21.1. The molecule has 2 aromatic rings. The van der Waals surface area contributed by atoms with Gasteiger partial charge in [0.05, 0.1) is 22.2 Å². The Balaban J connectivity index is 0.00000338. The van der Waals surface area contributed by atoms with Crippen LogP contribution in [-0.4, -0.2) is 33.7 Å². The minimum atomic E-state index is -4.70. The van der Waals surface area contributed by atoms with E-state index in [0.717, 1.165) is 0 Å². The van der Waals surface area contributed by atoms with Crippen molar-refractivity contribution in [2.75, 3.05) is 12.4 Å². The fraction of sp³-hybridized carbons (Fsp3) is 0.231. The number of fused-ring (bicyclic) bond motifs is 1. The summed E-state index contributed by atoms with van der Waals surface area (Å²) in [6, 6.07) is 6.75. The molecule has 0 aliphatic rings. The van der Waals surface area contributed by atoms with Crippen LogP contribution in [-0.2, 0) is 33.5 Å². The first-order valence-electron chi connectivity index (χ1n) is 6.63. The SMILES string of the molecule is Cc1ccc2cc(S(=O)(=O)CCOSOO[O-])ccc2c1S(=O)(=O)[O-].[Na+].[Na+]. The summed E-state index contributed by atoms with van der Waals surface area (Å²) < 4.78 is 67.3. The molecule has 138 valence electrons. The topological polar surface area (TPSA) is 142 Å². The predicted octanol–water partition coefficient (Wildman–Crippen LogP) is -5.36. The molecule has 0 N–H and O–H groups in total. The number of rotatable bonds is 8. The maximum Gasteiger partial charge on any atom is 1.00 e. The maximum atomic E-state index is 12.3. The van der Waals surface area contributed by atoms with Crippen LogP contribution >= 0.6 is 12.3 Å². The van der Waals surface area contributed by atoms with Crippen LogP contribution in [0, 0.1) is 6.92 Å². The molecule has 0 aliphatic carbocycles. The van der Waals surface area contributed by atoms with Gasteiger partial charge in [0, 0.05) is 0 Å². The zero-order valence-electron chi connectivity index (χ0n) is 14.7. The molecule has 0 saturated carbocycles. The van der Waals surface area contributed by atoms with E-state index in [9.17, 15) is 26.6 Å². The van der Waals surface area contributed by atoms with Gasteiger partial charge in [-0.1, -0.05) is 18.2 Å². The second kappa shape index (κ2) is 11.8. The first-order chi connectivity index (χ1) is 11.7. The van der Waals surface area contributed by atoms with E-state index >= 15 is 0 Å². The third kappa shape index (κ3) is 7.50. The van der Waals surface area contributed by atoms with Gasteiger partial charge in [-0.05, 0) is 35.4 Å². The monoisotopic (exact) mass is 454 g/mol. The van der Waals surface area contributed by atoms with E-state index in [1.54, 1.807) is 0 Å². The molecule has 0 fully saturated rings. The maximum absolute atomic E-state index is 12.3. The molecule has 2 aromatic carbocycles. The van der Waals surface area contributed by atoms with Crippen LogP contribution in [0.25, 0.3) is 10.8 Å². The summed E-state index contributed by atoms with van der Waals surface area (Å²) in [7, 11) is -8.44. The molecule has 27 heavy (non-hydrogen) atoms. The summed E-state index contributed by atoms with van der Waals surface area (Å²) >= 11 is 0.197. The number of hydrogen-bond acceptors (Lipinski definition) is 10. The van der Waals surface area contributed by atoms with E-state index in [2.05, 4.69) is 13.6 Å². The normalized spacial score (nSPS) is 11.7. The van der Waals surface area contributed by atoms with Gasteiger partial charge in [0.1, 0.15) is 10.1 Å². The van der Waals surface area contributed by atoms with E-state index in [1.165, 1.54) is 37.3 Å². The molecular formula is C13H12Na2O9S3. The van der Waals surface area contributed by atoms with Crippen molar-refractivity contribution in [2.45, 2.75) is 16.7 Å². The summed E-state index contributed by atoms with van der Waals surface area (Å²) in [5.41, 5.74) is 0.282. The summed E-state index contributed by atoms with van der Waals surface area (Å²) in [6.45, 7) is 1.21. The van der Waals surface area contributed by atoms with Gasteiger partial charge in [0.25, 0.3) is 0 Å². The van der Waals surface area contributed by atoms with E-state index in [-0.39, 0.29) is 98.8 Å². The number of benzene rings is 2. The Labute approximate surface area is 205 Å². The molecule has 2 rings (SSSR count). The van der Waals surface area contributed by atoms with Gasteiger partial charge in [0.2, 0.25) is 0 Å². The smallest absolute Gasteiger partial charge is 0.744 e. The van der Waals surface area contributed by atoms with Crippen molar-refractivity contribution < 1.29 is 99.3 Å². The third-order valence-electron chi connectivity index (χ3n) is 3.29. The van der Waals surface area contributed by atoms with E-state index in [0.29, 0.717) is 5.39 Å². The summed E-state index contributed by atoms with van der Waals surface area (Å²) in [6.07, 6.45) is 0. The molecule has 0 aliphatic heterocycles. The van der Waals surface area contributed by atoms with Crippen LogP contribution in [0.2, 0.25) is 0 Å². The molecule has 14 heteroatoms. The number of hydrogen-bond donors (Lipinski definition) is 0. The largest absolute Gasteiger partial charge is 1.00 e. The molecule has 0 radical (unpaired) electrons. The van der Waals surface area contributed by atoms with Gasteiger partial charge in [0.15, 0.2) is 22.2 Å². The van der Waals surface area contributed by atoms with Gasteiger partial charge >= 0.3 is 59.1 Å². The molecule has 0 bridgehead atoms. The van der Waals surface area contributed by atoms with Gasteiger partial charge < -0.3 is 9.81 Å². The first kappa shape index (κ1) is 27.8. The summed E-state index contributed by atoms with van der Waals surface area (Å²) in [5, 5.41) is 13.0. The average Bonchev–Trinajstić information content (AvgIpc) is 2.52.